The minimum Gasteiger partial charge on any atom is -0.419 e. The zero-order valence-electron chi connectivity index (χ0n) is 16.8. The fraction of sp³-hybridized carbons (Fsp3) is 0.0741. The zero-order valence-corrected chi connectivity index (χ0v) is 16.8. The maximum Gasteiger partial charge on any atom is 0.339 e. The Kier molecular flexibility index (Phi) is 2.88. The fourth-order valence-corrected chi connectivity index (χ4v) is 5.23. The van der Waals surface area contributed by atoms with E-state index in [-0.39, 0.29) is 0 Å². The first-order valence-corrected chi connectivity index (χ1v) is 10.3. The molecule has 4 aromatic carbocycles. The van der Waals surface area contributed by atoms with Gasteiger partial charge in [0.2, 0.25) is 5.52 Å². The number of aryl methyl sites for hydroxylation is 2. The van der Waals surface area contributed by atoms with Crippen LogP contribution in [0.5, 0.6) is 0 Å². The topological polar surface area (TPSA) is 21.4 Å². The second-order valence-electron chi connectivity index (χ2n) is 8.15. The molecule has 0 aliphatic heterocycles. The highest BCUT2D eigenvalue weighted by Crippen LogP contribution is 2.38. The Labute approximate surface area is 172 Å². The van der Waals surface area contributed by atoms with Crippen LogP contribution in [0.15, 0.2) is 83.3 Å². The first-order chi connectivity index (χ1) is 14.7. The molecule has 7 aromatic rings. The van der Waals surface area contributed by atoms with Gasteiger partial charge in [0.25, 0.3) is 5.65 Å². The molecule has 0 atom stereocenters. The SMILES string of the molecule is Cc1cccc2c3ccccc3n3c4c5c(ccc6ccccc65)oc4[n+](C)c3c12. The number of hydrogen-bond donors (Lipinski definition) is 0. The Morgan fingerprint density at radius 2 is 1.50 bits per heavy atom. The Hall–Kier alpha value is -3.85. The largest absolute Gasteiger partial charge is 0.419 e. The van der Waals surface area contributed by atoms with E-state index in [4.69, 9.17) is 4.42 Å². The molecule has 0 fully saturated rings. The molecule has 0 saturated carbocycles. The van der Waals surface area contributed by atoms with Crippen LogP contribution in [0.3, 0.4) is 0 Å². The Morgan fingerprint density at radius 3 is 2.40 bits per heavy atom. The number of hydrogen-bond acceptors (Lipinski definition) is 1. The summed E-state index contributed by atoms with van der Waals surface area (Å²) in [6.07, 6.45) is 0. The molecule has 0 unspecified atom stereocenters. The number of para-hydroxylation sites is 1. The summed E-state index contributed by atoms with van der Waals surface area (Å²) in [5.74, 6) is 0. The molecule has 0 aliphatic carbocycles. The number of rotatable bonds is 0. The van der Waals surface area contributed by atoms with Gasteiger partial charge in [0.15, 0.2) is 0 Å². The van der Waals surface area contributed by atoms with Crippen molar-refractivity contribution in [3.63, 3.8) is 0 Å². The lowest BCUT2D eigenvalue weighted by atomic mass is 10.0. The van der Waals surface area contributed by atoms with Gasteiger partial charge >= 0.3 is 5.71 Å². The van der Waals surface area contributed by atoms with Crippen LogP contribution in [0.2, 0.25) is 0 Å². The summed E-state index contributed by atoms with van der Waals surface area (Å²) in [4.78, 5) is 0. The average molecular weight is 387 g/mol. The molecule has 3 aromatic heterocycles. The third-order valence-corrected chi connectivity index (χ3v) is 6.53. The van der Waals surface area contributed by atoms with Crippen molar-refractivity contribution in [2.45, 2.75) is 6.92 Å². The maximum absolute atomic E-state index is 6.46. The van der Waals surface area contributed by atoms with Crippen LogP contribution < -0.4 is 4.57 Å². The van der Waals surface area contributed by atoms with E-state index in [0.717, 1.165) is 16.8 Å². The minimum absolute atomic E-state index is 0.905. The molecule has 0 aliphatic rings. The third kappa shape index (κ3) is 1.79. The van der Waals surface area contributed by atoms with Gasteiger partial charge in [0, 0.05) is 10.8 Å². The molecule has 3 heteroatoms. The van der Waals surface area contributed by atoms with Crippen LogP contribution in [0.25, 0.3) is 60.3 Å². The minimum atomic E-state index is 0.905. The van der Waals surface area contributed by atoms with Crippen LogP contribution in [0.4, 0.5) is 0 Å². The van der Waals surface area contributed by atoms with Gasteiger partial charge in [-0.05, 0) is 35.4 Å². The fourth-order valence-electron chi connectivity index (χ4n) is 5.23. The van der Waals surface area contributed by atoms with Gasteiger partial charge in [-0.2, -0.15) is 8.97 Å². The summed E-state index contributed by atoms with van der Waals surface area (Å²) in [6.45, 7) is 2.19. The van der Waals surface area contributed by atoms with E-state index < -0.39 is 0 Å². The van der Waals surface area contributed by atoms with Gasteiger partial charge in [-0.25, -0.2) is 0 Å². The number of pyridine rings is 1. The van der Waals surface area contributed by atoms with E-state index in [2.05, 4.69) is 102 Å². The lowest BCUT2D eigenvalue weighted by Gasteiger charge is -2.07. The summed E-state index contributed by atoms with van der Waals surface area (Å²) in [5, 5.41) is 7.45. The van der Waals surface area contributed by atoms with Gasteiger partial charge in [0.05, 0.1) is 17.8 Å². The average Bonchev–Trinajstić information content (AvgIpc) is 3.30. The monoisotopic (exact) mass is 387 g/mol. The predicted octanol–water partition coefficient (Wildman–Crippen LogP) is 6.43. The highest BCUT2D eigenvalue weighted by atomic mass is 16.3. The van der Waals surface area contributed by atoms with Crippen LogP contribution in [-0.2, 0) is 7.05 Å². The predicted molar refractivity (Wildman–Crippen MR) is 123 cm³/mol. The second kappa shape index (κ2) is 5.39. The van der Waals surface area contributed by atoms with Crippen LogP contribution in [0, 0.1) is 6.92 Å². The van der Waals surface area contributed by atoms with Gasteiger partial charge in [0.1, 0.15) is 11.1 Å². The van der Waals surface area contributed by atoms with Crippen molar-refractivity contribution >= 4 is 60.3 Å². The smallest absolute Gasteiger partial charge is 0.339 e. The summed E-state index contributed by atoms with van der Waals surface area (Å²) < 4.78 is 11.1. The van der Waals surface area contributed by atoms with Crippen LogP contribution in [0.1, 0.15) is 5.56 Å². The van der Waals surface area contributed by atoms with E-state index in [1.165, 1.54) is 49.0 Å². The summed E-state index contributed by atoms with van der Waals surface area (Å²) in [7, 11) is 2.11. The molecule has 142 valence electrons. The molecule has 0 saturated heterocycles. The zero-order chi connectivity index (χ0) is 20.0. The molecule has 3 heterocycles. The van der Waals surface area contributed by atoms with E-state index in [1.54, 1.807) is 0 Å². The molecular weight excluding hydrogens is 368 g/mol. The van der Waals surface area contributed by atoms with Gasteiger partial charge in [-0.15, -0.1) is 0 Å². The highest BCUT2D eigenvalue weighted by molar-refractivity contribution is 6.20. The van der Waals surface area contributed by atoms with Crippen molar-refractivity contribution in [1.29, 1.82) is 0 Å². The number of benzene rings is 4. The molecule has 3 nitrogen and oxygen atoms in total. The quantitative estimate of drug-likeness (QED) is 0.217. The van der Waals surface area contributed by atoms with Crippen molar-refractivity contribution in [3.05, 3.63) is 84.4 Å². The number of imidazole rings is 1. The van der Waals surface area contributed by atoms with Crippen LogP contribution >= 0.6 is 0 Å². The van der Waals surface area contributed by atoms with Crippen molar-refractivity contribution in [2.75, 3.05) is 0 Å². The maximum atomic E-state index is 6.46. The molecule has 0 amide bonds. The van der Waals surface area contributed by atoms with Crippen molar-refractivity contribution in [1.82, 2.24) is 4.40 Å². The molecule has 0 spiro atoms. The summed E-state index contributed by atoms with van der Waals surface area (Å²) >= 11 is 0. The van der Waals surface area contributed by atoms with E-state index in [0.29, 0.717) is 0 Å². The first kappa shape index (κ1) is 16.0. The molecule has 30 heavy (non-hydrogen) atoms. The Balaban J connectivity index is 1.92. The van der Waals surface area contributed by atoms with E-state index in [1.807, 2.05) is 0 Å². The Bertz CT molecular complexity index is 1820. The van der Waals surface area contributed by atoms with E-state index >= 15 is 0 Å². The van der Waals surface area contributed by atoms with E-state index in [9.17, 15) is 0 Å². The third-order valence-electron chi connectivity index (χ3n) is 6.53. The number of nitrogens with zero attached hydrogens (tertiary/aromatic N) is 2. The number of aromatic nitrogens is 2. The standard InChI is InChI=1S/C27H19N2O/c1-16-8-7-12-20-19-11-5-6-13-21(19)29-25-24-18-10-4-3-9-17(18)14-15-22(24)30-27(25)28(2)26(29)23(16)20/h3-15H,1-2H3/q+1. The second-order valence-corrected chi connectivity index (χ2v) is 8.15. The van der Waals surface area contributed by atoms with Crippen molar-refractivity contribution in [3.8, 4) is 0 Å². The molecular formula is C27H19N2O+. The molecule has 7 rings (SSSR count). The lowest BCUT2D eigenvalue weighted by molar-refractivity contribution is -0.624. The van der Waals surface area contributed by atoms with Crippen molar-refractivity contribution in [2.24, 2.45) is 7.05 Å². The summed E-state index contributed by atoms with van der Waals surface area (Å²) in [6, 6.07) is 28.1. The van der Waals surface area contributed by atoms with Gasteiger partial charge in [-0.1, -0.05) is 66.7 Å². The normalized spacial score (nSPS) is 12.3. The lowest BCUT2D eigenvalue weighted by Crippen LogP contribution is -2.27. The molecule has 0 N–H and O–H groups in total. The van der Waals surface area contributed by atoms with Gasteiger partial charge < -0.3 is 4.42 Å². The van der Waals surface area contributed by atoms with Crippen LogP contribution in [-0.4, -0.2) is 4.40 Å². The highest BCUT2D eigenvalue weighted by Gasteiger charge is 2.29. The number of fused-ring (bicyclic) bond motifs is 12. The number of furan rings is 1. The van der Waals surface area contributed by atoms with Gasteiger partial charge in [-0.3, -0.25) is 0 Å². The molecule has 0 bridgehead atoms. The summed E-state index contributed by atoms with van der Waals surface area (Å²) in [5.41, 5.74) is 6.62. The first-order valence-electron chi connectivity index (χ1n) is 10.3. The van der Waals surface area contributed by atoms with Crippen molar-refractivity contribution < 1.29 is 8.98 Å². The Morgan fingerprint density at radius 1 is 0.733 bits per heavy atom. The molecule has 0 radical (unpaired) electrons.